The monoisotopic (exact) mass is 319 g/mol. The van der Waals surface area contributed by atoms with Crippen LogP contribution in [0.25, 0.3) is 0 Å². The SMILES string of the molecule is CCC[C@@H](N)c1cc(C)c(OCc2ccccc2)c(C)c1.Cl. The summed E-state index contributed by atoms with van der Waals surface area (Å²) in [6.45, 7) is 6.95. The van der Waals surface area contributed by atoms with Crippen LogP contribution in [0.2, 0.25) is 0 Å². The van der Waals surface area contributed by atoms with Gasteiger partial charge in [-0.05, 0) is 42.5 Å². The van der Waals surface area contributed by atoms with Gasteiger partial charge in [0.25, 0.3) is 0 Å². The molecular weight excluding hydrogens is 294 g/mol. The standard InChI is InChI=1S/C19H25NO.ClH/c1-4-8-18(20)17-11-14(2)19(15(3)12-17)21-13-16-9-6-5-7-10-16;/h5-7,9-12,18H,4,8,13,20H2,1-3H3;1H/t18-;/m1./s1. The van der Waals surface area contributed by atoms with Crippen LogP contribution in [0, 0.1) is 13.8 Å². The van der Waals surface area contributed by atoms with Crippen molar-refractivity contribution in [2.75, 3.05) is 0 Å². The van der Waals surface area contributed by atoms with E-state index in [4.69, 9.17) is 10.5 Å². The molecule has 0 unspecified atom stereocenters. The minimum absolute atomic E-state index is 0. The van der Waals surface area contributed by atoms with E-state index in [1.54, 1.807) is 0 Å². The average Bonchev–Trinajstić information content (AvgIpc) is 2.47. The average molecular weight is 320 g/mol. The smallest absolute Gasteiger partial charge is 0.125 e. The van der Waals surface area contributed by atoms with Gasteiger partial charge in [-0.2, -0.15) is 0 Å². The molecule has 22 heavy (non-hydrogen) atoms. The summed E-state index contributed by atoms with van der Waals surface area (Å²) < 4.78 is 6.01. The Kier molecular flexibility index (Phi) is 7.43. The number of aryl methyl sites for hydroxylation is 2. The molecule has 0 saturated carbocycles. The molecule has 1 atom stereocenters. The summed E-state index contributed by atoms with van der Waals surface area (Å²) in [5.74, 6) is 0.978. The van der Waals surface area contributed by atoms with E-state index >= 15 is 0 Å². The molecule has 2 aromatic carbocycles. The van der Waals surface area contributed by atoms with E-state index in [1.165, 1.54) is 11.1 Å². The number of rotatable bonds is 6. The third-order valence-electron chi connectivity index (χ3n) is 3.74. The minimum Gasteiger partial charge on any atom is -0.488 e. The summed E-state index contributed by atoms with van der Waals surface area (Å²) in [7, 11) is 0. The molecule has 0 spiro atoms. The van der Waals surface area contributed by atoms with E-state index in [0.29, 0.717) is 6.61 Å². The van der Waals surface area contributed by atoms with Crippen molar-refractivity contribution in [1.82, 2.24) is 0 Å². The molecule has 0 aliphatic carbocycles. The topological polar surface area (TPSA) is 35.2 Å². The Morgan fingerprint density at radius 2 is 1.64 bits per heavy atom. The predicted octanol–water partition coefficient (Wildman–Crippen LogP) is 5.10. The molecule has 2 nitrogen and oxygen atoms in total. The first-order valence-corrected chi connectivity index (χ1v) is 7.65. The van der Waals surface area contributed by atoms with Crippen molar-refractivity contribution < 1.29 is 4.74 Å². The molecule has 3 heteroatoms. The van der Waals surface area contributed by atoms with E-state index in [2.05, 4.69) is 45.0 Å². The first kappa shape index (κ1) is 18.5. The lowest BCUT2D eigenvalue weighted by Gasteiger charge is -2.17. The summed E-state index contributed by atoms with van der Waals surface area (Å²) in [5, 5.41) is 0. The van der Waals surface area contributed by atoms with Gasteiger partial charge < -0.3 is 10.5 Å². The molecule has 2 N–H and O–H groups in total. The van der Waals surface area contributed by atoms with E-state index < -0.39 is 0 Å². The predicted molar refractivity (Wildman–Crippen MR) is 95.8 cm³/mol. The lowest BCUT2D eigenvalue weighted by molar-refractivity contribution is 0.302. The zero-order chi connectivity index (χ0) is 15.2. The van der Waals surface area contributed by atoms with Crippen LogP contribution < -0.4 is 10.5 Å². The van der Waals surface area contributed by atoms with E-state index in [9.17, 15) is 0 Å². The zero-order valence-corrected chi connectivity index (χ0v) is 14.5. The van der Waals surface area contributed by atoms with Crippen molar-refractivity contribution in [1.29, 1.82) is 0 Å². The summed E-state index contributed by atoms with van der Waals surface area (Å²) in [4.78, 5) is 0. The summed E-state index contributed by atoms with van der Waals surface area (Å²) in [5.41, 5.74) is 10.9. The highest BCUT2D eigenvalue weighted by Crippen LogP contribution is 2.28. The Morgan fingerprint density at radius 3 is 2.18 bits per heavy atom. The highest BCUT2D eigenvalue weighted by molar-refractivity contribution is 5.85. The molecule has 0 aliphatic heterocycles. The van der Waals surface area contributed by atoms with Gasteiger partial charge in [0.1, 0.15) is 12.4 Å². The van der Waals surface area contributed by atoms with Crippen molar-refractivity contribution in [3.05, 3.63) is 64.7 Å². The van der Waals surface area contributed by atoms with E-state index in [1.807, 2.05) is 18.2 Å². The second-order valence-corrected chi connectivity index (χ2v) is 5.65. The van der Waals surface area contributed by atoms with Gasteiger partial charge >= 0.3 is 0 Å². The third kappa shape index (κ3) is 4.75. The summed E-state index contributed by atoms with van der Waals surface area (Å²) in [6.07, 6.45) is 2.12. The number of nitrogens with two attached hydrogens (primary N) is 1. The molecular formula is C19H26ClNO. The molecule has 0 aromatic heterocycles. The highest BCUT2D eigenvalue weighted by Gasteiger charge is 2.11. The third-order valence-corrected chi connectivity index (χ3v) is 3.74. The number of halogens is 1. The van der Waals surface area contributed by atoms with Gasteiger partial charge in [-0.1, -0.05) is 55.8 Å². The largest absolute Gasteiger partial charge is 0.488 e. The molecule has 120 valence electrons. The van der Waals surface area contributed by atoms with Crippen LogP contribution in [0.1, 0.15) is 48.1 Å². The van der Waals surface area contributed by atoms with Crippen LogP contribution in [0.4, 0.5) is 0 Å². The Labute approximate surface area is 140 Å². The first-order chi connectivity index (χ1) is 10.1. The highest BCUT2D eigenvalue weighted by atomic mass is 35.5. The maximum Gasteiger partial charge on any atom is 0.125 e. The molecule has 0 radical (unpaired) electrons. The Bertz CT molecular complexity index is 560. The minimum atomic E-state index is 0. The van der Waals surface area contributed by atoms with Gasteiger partial charge in [0.2, 0.25) is 0 Å². The van der Waals surface area contributed by atoms with Crippen LogP contribution >= 0.6 is 12.4 Å². The lowest BCUT2D eigenvalue weighted by atomic mass is 9.98. The van der Waals surface area contributed by atoms with E-state index in [-0.39, 0.29) is 18.4 Å². The fraction of sp³-hybridized carbons (Fsp3) is 0.368. The lowest BCUT2D eigenvalue weighted by Crippen LogP contribution is -2.11. The van der Waals surface area contributed by atoms with Crippen LogP contribution in [0.15, 0.2) is 42.5 Å². The maximum atomic E-state index is 6.22. The maximum absolute atomic E-state index is 6.22. The van der Waals surface area contributed by atoms with Gasteiger partial charge in [-0.25, -0.2) is 0 Å². The fourth-order valence-corrected chi connectivity index (χ4v) is 2.63. The van der Waals surface area contributed by atoms with Crippen LogP contribution in [0.3, 0.4) is 0 Å². The molecule has 0 amide bonds. The van der Waals surface area contributed by atoms with Gasteiger partial charge in [0.15, 0.2) is 0 Å². The second kappa shape index (κ2) is 8.82. The van der Waals surface area contributed by atoms with Crippen molar-refractivity contribution >= 4 is 12.4 Å². The van der Waals surface area contributed by atoms with Crippen molar-refractivity contribution in [3.8, 4) is 5.75 Å². The Hall–Kier alpha value is -1.51. The summed E-state index contributed by atoms with van der Waals surface area (Å²) in [6, 6.07) is 14.7. The number of hydrogen-bond donors (Lipinski definition) is 1. The van der Waals surface area contributed by atoms with Gasteiger partial charge in [-0.15, -0.1) is 12.4 Å². The second-order valence-electron chi connectivity index (χ2n) is 5.65. The van der Waals surface area contributed by atoms with Gasteiger partial charge in [0, 0.05) is 6.04 Å². The number of hydrogen-bond acceptors (Lipinski definition) is 2. The zero-order valence-electron chi connectivity index (χ0n) is 13.6. The van der Waals surface area contributed by atoms with Crippen LogP contribution in [-0.2, 0) is 6.61 Å². The van der Waals surface area contributed by atoms with Gasteiger partial charge in [0.05, 0.1) is 0 Å². The molecule has 0 fully saturated rings. The van der Waals surface area contributed by atoms with Crippen molar-refractivity contribution in [2.24, 2.45) is 5.73 Å². The van der Waals surface area contributed by atoms with Crippen LogP contribution in [-0.4, -0.2) is 0 Å². The molecule has 2 rings (SSSR count). The normalized spacial score (nSPS) is 11.6. The first-order valence-electron chi connectivity index (χ1n) is 7.65. The molecule has 0 aliphatic rings. The summed E-state index contributed by atoms with van der Waals surface area (Å²) >= 11 is 0. The quantitative estimate of drug-likeness (QED) is 0.803. The van der Waals surface area contributed by atoms with Crippen molar-refractivity contribution in [2.45, 2.75) is 46.3 Å². The molecule has 0 saturated heterocycles. The molecule has 2 aromatic rings. The molecule has 0 bridgehead atoms. The number of ether oxygens (including phenoxy) is 1. The number of benzene rings is 2. The fourth-order valence-electron chi connectivity index (χ4n) is 2.63. The van der Waals surface area contributed by atoms with Gasteiger partial charge in [-0.3, -0.25) is 0 Å². The van der Waals surface area contributed by atoms with Crippen molar-refractivity contribution in [3.63, 3.8) is 0 Å². The Morgan fingerprint density at radius 1 is 1.05 bits per heavy atom. The van der Waals surface area contributed by atoms with Crippen LogP contribution in [0.5, 0.6) is 5.75 Å². The van der Waals surface area contributed by atoms with E-state index in [0.717, 1.165) is 29.7 Å². The Balaban J connectivity index is 0.00000242. The molecule has 0 heterocycles.